The van der Waals surface area contributed by atoms with Crippen LogP contribution in [-0.2, 0) is 32.5 Å². The van der Waals surface area contributed by atoms with Gasteiger partial charge in [-0.05, 0) is 60.0 Å². The van der Waals surface area contributed by atoms with Crippen molar-refractivity contribution in [2.24, 2.45) is 5.92 Å². The monoisotopic (exact) mass is 669 g/mol. The highest BCUT2D eigenvalue weighted by atomic mass is 35.5. The van der Waals surface area contributed by atoms with Crippen molar-refractivity contribution in [3.05, 3.63) is 87.4 Å². The first-order chi connectivity index (χ1) is 20.8. The lowest BCUT2D eigenvalue weighted by atomic mass is 10.0. The molecule has 4 aromatic rings. The van der Waals surface area contributed by atoms with Crippen LogP contribution in [0.2, 0.25) is 10.0 Å². The molecular weight excluding hydrogens is 643 g/mol. The van der Waals surface area contributed by atoms with Crippen LogP contribution in [0.1, 0.15) is 30.1 Å². The molecule has 2 aromatic heterocycles. The molecule has 2 aromatic carbocycles. The third kappa shape index (κ3) is 8.21. The number of hydrogen-bond acceptors (Lipinski definition) is 7. The molecule has 0 unspecified atom stereocenters. The molecule has 5 rings (SSSR count). The van der Waals surface area contributed by atoms with Crippen LogP contribution >= 0.6 is 23.2 Å². The molecule has 0 spiro atoms. The van der Waals surface area contributed by atoms with Crippen molar-refractivity contribution in [3.63, 3.8) is 0 Å². The fourth-order valence-corrected chi connectivity index (χ4v) is 5.75. The molecule has 0 aliphatic heterocycles. The first-order valence-electron chi connectivity index (χ1n) is 13.4. The van der Waals surface area contributed by atoms with Crippen LogP contribution in [0.5, 0.6) is 11.5 Å². The average molecular weight is 671 g/mol. The molecule has 0 amide bonds. The van der Waals surface area contributed by atoms with E-state index >= 15 is 0 Å². The SMILES string of the molecule is CS(=O)(=O)Nc1ccc2ccn(CC(=O)O[C@@H](Cc3c(Cl)c[n+]([O-])cc3Cl)c3ccc(OC(F)F)c(OCC4CC4)c3)c2c1. The number of pyridine rings is 1. The number of nitrogens with one attached hydrogen (secondary N) is 1. The fraction of sp³-hybridized carbons (Fsp3) is 0.310. The van der Waals surface area contributed by atoms with Gasteiger partial charge in [-0.15, -0.1) is 0 Å². The lowest BCUT2D eigenvalue weighted by Crippen LogP contribution is -2.26. The normalized spacial score (nSPS) is 14.0. The first-order valence-corrected chi connectivity index (χ1v) is 16.0. The van der Waals surface area contributed by atoms with E-state index in [1.54, 1.807) is 35.0 Å². The number of benzene rings is 2. The topological polar surface area (TPSA) is 123 Å². The standard InChI is InChI=1S/C29H27Cl2F2N3O7S/c1-44(39,40)34-20-6-4-18-8-9-35(24(18)11-20)15-28(37)42-26(12-21-22(30)13-36(38)14-23(21)31)19-5-7-25(43-29(32)33)27(10-19)41-16-17-2-3-17/h4-11,13-14,17,26,29,34H,2-3,12,15-16H2,1H3/t26-/m0/s1. The minimum Gasteiger partial charge on any atom is -0.619 e. The second-order valence-electron chi connectivity index (χ2n) is 10.4. The van der Waals surface area contributed by atoms with Crippen LogP contribution in [0, 0.1) is 11.1 Å². The van der Waals surface area contributed by atoms with Gasteiger partial charge in [0.1, 0.15) is 22.7 Å². The zero-order valence-corrected chi connectivity index (χ0v) is 25.5. The molecule has 1 N–H and O–H groups in total. The number of fused-ring (bicyclic) bond motifs is 1. The third-order valence-corrected chi connectivity index (χ3v) is 8.08. The Morgan fingerprint density at radius 3 is 2.50 bits per heavy atom. The Kier molecular flexibility index (Phi) is 9.37. The summed E-state index contributed by atoms with van der Waals surface area (Å²) in [7, 11) is -3.52. The van der Waals surface area contributed by atoms with Crippen molar-refractivity contribution >= 4 is 55.8 Å². The van der Waals surface area contributed by atoms with Gasteiger partial charge in [0.15, 0.2) is 23.9 Å². The van der Waals surface area contributed by atoms with Crippen LogP contribution in [0.3, 0.4) is 0 Å². The lowest BCUT2D eigenvalue weighted by Gasteiger charge is -2.22. The van der Waals surface area contributed by atoms with Gasteiger partial charge in [0, 0.05) is 18.2 Å². The van der Waals surface area contributed by atoms with Gasteiger partial charge >= 0.3 is 12.6 Å². The van der Waals surface area contributed by atoms with Crippen molar-refractivity contribution in [1.29, 1.82) is 0 Å². The molecule has 44 heavy (non-hydrogen) atoms. The van der Waals surface area contributed by atoms with Gasteiger partial charge in [-0.1, -0.05) is 35.3 Å². The van der Waals surface area contributed by atoms with E-state index in [2.05, 4.69) is 9.46 Å². The molecule has 1 aliphatic carbocycles. The maximum absolute atomic E-state index is 13.4. The summed E-state index contributed by atoms with van der Waals surface area (Å²) in [6, 6.07) is 10.9. The van der Waals surface area contributed by atoms with Gasteiger partial charge in [-0.25, -0.2) is 8.42 Å². The van der Waals surface area contributed by atoms with Crippen LogP contribution in [0.4, 0.5) is 14.5 Å². The number of anilines is 1. The molecule has 0 radical (unpaired) electrons. The Labute approximate surface area is 261 Å². The third-order valence-electron chi connectivity index (χ3n) is 6.82. The first kappa shape index (κ1) is 31.6. The zero-order chi connectivity index (χ0) is 31.6. The van der Waals surface area contributed by atoms with Gasteiger partial charge in [0.25, 0.3) is 0 Å². The second-order valence-corrected chi connectivity index (χ2v) is 13.0. The Morgan fingerprint density at radius 1 is 1.11 bits per heavy atom. The number of carbonyl (C=O) groups excluding carboxylic acids is 1. The molecule has 0 bridgehead atoms. The van der Waals surface area contributed by atoms with Gasteiger partial charge in [-0.2, -0.15) is 13.5 Å². The molecule has 1 saturated carbocycles. The summed E-state index contributed by atoms with van der Waals surface area (Å²) in [6.07, 6.45) is 5.75. The number of nitrogens with zero attached hydrogens (tertiary/aromatic N) is 2. The predicted octanol–water partition coefficient (Wildman–Crippen LogP) is 5.87. The lowest BCUT2D eigenvalue weighted by molar-refractivity contribution is -0.605. The summed E-state index contributed by atoms with van der Waals surface area (Å²) < 4.78 is 70.4. The number of aromatic nitrogens is 2. The van der Waals surface area contributed by atoms with Crippen molar-refractivity contribution in [2.75, 3.05) is 17.6 Å². The van der Waals surface area contributed by atoms with E-state index in [-0.39, 0.29) is 34.5 Å². The highest BCUT2D eigenvalue weighted by Crippen LogP contribution is 2.38. The second kappa shape index (κ2) is 13.0. The van der Waals surface area contributed by atoms with Crippen LogP contribution in [-0.4, -0.2) is 38.4 Å². The maximum Gasteiger partial charge on any atom is 0.387 e. The number of sulfonamides is 1. The van der Waals surface area contributed by atoms with Crippen molar-refractivity contribution in [1.82, 2.24) is 4.57 Å². The van der Waals surface area contributed by atoms with E-state index in [9.17, 15) is 27.2 Å². The predicted molar refractivity (Wildman–Crippen MR) is 160 cm³/mol. The summed E-state index contributed by atoms with van der Waals surface area (Å²) in [6.45, 7) is -3.02. The van der Waals surface area contributed by atoms with Gasteiger partial charge in [0.05, 0.1) is 24.1 Å². The van der Waals surface area contributed by atoms with Gasteiger partial charge < -0.3 is 24.0 Å². The highest BCUT2D eigenvalue weighted by Gasteiger charge is 2.26. The van der Waals surface area contributed by atoms with E-state index in [0.717, 1.165) is 36.9 Å². The van der Waals surface area contributed by atoms with Crippen LogP contribution < -0.4 is 18.9 Å². The number of alkyl halides is 2. The molecule has 0 saturated heterocycles. The number of carbonyl (C=O) groups is 1. The Morgan fingerprint density at radius 2 is 1.84 bits per heavy atom. The Hall–Kier alpha value is -3.81. The smallest absolute Gasteiger partial charge is 0.387 e. The van der Waals surface area contributed by atoms with Crippen LogP contribution in [0.15, 0.2) is 61.1 Å². The van der Waals surface area contributed by atoms with Gasteiger partial charge in [-0.3, -0.25) is 9.52 Å². The average Bonchev–Trinajstić information content (AvgIpc) is 3.68. The molecule has 2 heterocycles. The molecule has 10 nitrogen and oxygen atoms in total. The summed E-state index contributed by atoms with van der Waals surface area (Å²) in [4.78, 5) is 13.4. The van der Waals surface area contributed by atoms with Gasteiger partial charge in [0.2, 0.25) is 10.0 Å². The van der Waals surface area contributed by atoms with E-state index in [0.29, 0.717) is 39.6 Å². The number of rotatable bonds is 13. The zero-order valence-electron chi connectivity index (χ0n) is 23.2. The highest BCUT2D eigenvalue weighted by molar-refractivity contribution is 7.92. The maximum atomic E-state index is 13.4. The van der Waals surface area contributed by atoms with Crippen molar-refractivity contribution in [2.45, 2.75) is 38.5 Å². The minimum absolute atomic E-state index is 0.0405. The van der Waals surface area contributed by atoms with E-state index in [1.165, 1.54) is 18.2 Å². The molecule has 1 atom stereocenters. The van der Waals surface area contributed by atoms with Crippen molar-refractivity contribution < 1.29 is 40.9 Å². The largest absolute Gasteiger partial charge is 0.619 e. The molecule has 1 aliphatic rings. The Bertz CT molecular complexity index is 1780. The summed E-state index contributed by atoms with van der Waals surface area (Å²) in [5, 5.41) is 12.7. The molecule has 1 fully saturated rings. The molecular formula is C29H27Cl2F2N3O7S. The minimum atomic E-state index is -3.52. The number of halogens is 4. The van der Waals surface area contributed by atoms with E-state index in [4.69, 9.17) is 32.7 Å². The fourth-order valence-electron chi connectivity index (χ4n) is 4.60. The number of ether oxygens (including phenoxy) is 3. The molecule has 15 heteroatoms. The van der Waals surface area contributed by atoms with Crippen LogP contribution in [0.25, 0.3) is 10.9 Å². The summed E-state index contributed by atoms with van der Waals surface area (Å²) in [5.41, 5.74) is 1.61. The quantitative estimate of drug-likeness (QED) is 0.107. The van der Waals surface area contributed by atoms with Crippen molar-refractivity contribution in [3.8, 4) is 11.5 Å². The summed E-state index contributed by atoms with van der Waals surface area (Å²) in [5.74, 6) is -0.475. The number of esters is 1. The van der Waals surface area contributed by atoms with E-state index < -0.39 is 28.7 Å². The molecule has 234 valence electrons. The number of hydrogen-bond donors (Lipinski definition) is 1. The van der Waals surface area contributed by atoms with E-state index in [1.807, 2.05) is 0 Å². The summed E-state index contributed by atoms with van der Waals surface area (Å²) >= 11 is 12.6. The Balaban J connectivity index is 1.45.